The Labute approximate surface area is 155 Å². The van der Waals surface area contributed by atoms with Crippen LogP contribution in [0.15, 0.2) is 28.8 Å². The van der Waals surface area contributed by atoms with Gasteiger partial charge in [0, 0.05) is 25.9 Å². The van der Waals surface area contributed by atoms with Crippen LogP contribution in [0.3, 0.4) is 0 Å². The van der Waals surface area contributed by atoms with Gasteiger partial charge in [-0.15, -0.1) is 0 Å². The van der Waals surface area contributed by atoms with E-state index >= 15 is 0 Å². The minimum Gasteiger partial charge on any atom is -0.352 e. The highest BCUT2D eigenvalue weighted by Crippen LogP contribution is 2.37. The average molecular weight is 372 g/mol. The summed E-state index contributed by atoms with van der Waals surface area (Å²) in [4.78, 5) is 31.1. The van der Waals surface area contributed by atoms with Crippen molar-refractivity contribution in [2.45, 2.75) is 44.1 Å². The van der Waals surface area contributed by atoms with Crippen molar-refractivity contribution in [3.8, 4) is 11.4 Å². The Kier molecular flexibility index (Phi) is 4.63. The molecule has 4 rings (SSSR count). The van der Waals surface area contributed by atoms with Crippen molar-refractivity contribution in [2.24, 2.45) is 0 Å². The summed E-state index contributed by atoms with van der Waals surface area (Å²) < 4.78 is 19.0. The van der Waals surface area contributed by atoms with Crippen LogP contribution in [0.4, 0.5) is 4.39 Å². The maximum absolute atomic E-state index is 13.8. The number of halogens is 1. The van der Waals surface area contributed by atoms with E-state index in [1.165, 1.54) is 6.07 Å². The second-order valence-corrected chi connectivity index (χ2v) is 7.03. The van der Waals surface area contributed by atoms with Crippen molar-refractivity contribution in [3.05, 3.63) is 36.0 Å². The Bertz CT molecular complexity index is 860. The summed E-state index contributed by atoms with van der Waals surface area (Å²) in [6.45, 7) is 0.999. The molecule has 2 heterocycles. The molecule has 2 amide bonds. The number of aromatic nitrogens is 2. The highest BCUT2D eigenvalue weighted by atomic mass is 19.1. The summed E-state index contributed by atoms with van der Waals surface area (Å²) in [5, 5.41) is 6.70. The number of aryl methyl sites for hydroxylation is 1. The molecule has 1 saturated heterocycles. The molecule has 2 fully saturated rings. The van der Waals surface area contributed by atoms with Gasteiger partial charge in [0.25, 0.3) is 0 Å². The van der Waals surface area contributed by atoms with Crippen LogP contribution >= 0.6 is 0 Å². The fourth-order valence-corrected chi connectivity index (χ4v) is 4.06. The fourth-order valence-electron chi connectivity index (χ4n) is 4.06. The molecule has 142 valence electrons. The largest absolute Gasteiger partial charge is 0.352 e. The van der Waals surface area contributed by atoms with Crippen molar-refractivity contribution in [1.29, 1.82) is 0 Å². The molecule has 1 saturated carbocycles. The summed E-state index contributed by atoms with van der Waals surface area (Å²) >= 11 is 0. The predicted octanol–water partition coefficient (Wildman–Crippen LogP) is 2.08. The first kappa shape index (κ1) is 17.6. The first-order valence-electron chi connectivity index (χ1n) is 9.26. The summed E-state index contributed by atoms with van der Waals surface area (Å²) in [6.07, 6.45) is 3.76. The zero-order valence-electron chi connectivity index (χ0n) is 14.9. The topological polar surface area (TPSA) is 88.3 Å². The van der Waals surface area contributed by atoms with E-state index in [2.05, 4.69) is 15.5 Å². The highest BCUT2D eigenvalue weighted by molar-refractivity contribution is 5.93. The summed E-state index contributed by atoms with van der Waals surface area (Å²) in [5.74, 6) is -0.108. The molecule has 2 aromatic rings. The molecular formula is C19H21FN4O3. The molecule has 1 aliphatic carbocycles. The van der Waals surface area contributed by atoms with Gasteiger partial charge in [-0.3, -0.25) is 9.59 Å². The highest BCUT2D eigenvalue weighted by Gasteiger charge is 2.49. The molecule has 1 aromatic carbocycles. The molecule has 1 spiro atoms. The van der Waals surface area contributed by atoms with Gasteiger partial charge in [-0.1, -0.05) is 30.1 Å². The van der Waals surface area contributed by atoms with Crippen molar-refractivity contribution in [3.63, 3.8) is 0 Å². The molecule has 1 aliphatic heterocycles. The van der Waals surface area contributed by atoms with Crippen molar-refractivity contribution >= 4 is 11.8 Å². The first-order valence-corrected chi connectivity index (χ1v) is 9.26. The van der Waals surface area contributed by atoms with E-state index < -0.39 is 11.4 Å². The lowest BCUT2D eigenvalue weighted by Gasteiger charge is -2.43. The smallest absolute Gasteiger partial charge is 0.246 e. The van der Waals surface area contributed by atoms with Crippen LogP contribution in [-0.4, -0.2) is 45.5 Å². The van der Waals surface area contributed by atoms with Crippen LogP contribution in [-0.2, 0) is 16.0 Å². The van der Waals surface area contributed by atoms with E-state index in [1.807, 2.05) is 0 Å². The minimum atomic E-state index is -0.692. The Morgan fingerprint density at radius 1 is 1.30 bits per heavy atom. The molecule has 1 N–H and O–H groups in total. The van der Waals surface area contributed by atoms with E-state index in [0.717, 1.165) is 12.8 Å². The monoisotopic (exact) mass is 372 g/mol. The SMILES string of the molecule is O=C(CCc1nc(-c2ccccc2F)no1)N1CCNC(=O)C12CCCC2. The second-order valence-electron chi connectivity index (χ2n) is 7.03. The third-order valence-corrected chi connectivity index (χ3v) is 5.43. The van der Waals surface area contributed by atoms with Gasteiger partial charge in [-0.2, -0.15) is 4.98 Å². The Hall–Kier alpha value is -2.77. The maximum Gasteiger partial charge on any atom is 0.246 e. The number of rotatable bonds is 4. The van der Waals surface area contributed by atoms with E-state index in [9.17, 15) is 14.0 Å². The van der Waals surface area contributed by atoms with Crippen molar-refractivity contribution < 1.29 is 18.5 Å². The summed E-state index contributed by atoms with van der Waals surface area (Å²) in [7, 11) is 0. The van der Waals surface area contributed by atoms with Gasteiger partial charge in [0.05, 0.1) is 5.56 Å². The van der Waals surface area contributed by atoms with E-state index in [4.69, 9.17) is 4.52 Å². The van der Waals surface area contributed by atoms with Gasteiger partial charge < -0.3 is 14.7 Å². The van der Waals surface area contributed by atoms with Gasteiger partial charge in [-0.25, -0.2) is 4.39 Å². The molecular weight excluding hydrogens is 351 g/mol. The van der Waals surface area contributed by atoms with Crippen LogP contribution in [0.2, 0.25) is 0 Å². The van der Waals surface area contributed by atoms with Crippen LogP contribution < -0.4 is 5.32 Å². The number of carbonyl (C=O) groups excluding carboxylic acids is 2. The number of carbonyl (C=O) groups is 2. The number of nitrogens with one attached hydrogen (secondary N) is 1. The lowest BCUT2D eigenvalue weighted by molar-refractivity contribution is -0.151. The molecule has 0 atom stereocenters. The standard InChI is InChI=1S/C19H21FN4O3/c20-14-6-2-1-5-13(14)17-22-15(27-23-17)7-8-16(25)24-12-11-21-18(26)19(24)9-3-4-10-19/h1-2,5-6H,3-4,7-12H2,(H,21,26). The minimum absolute atomic E-state index is 0.0424. The van der Waals surface area contributed by atoms with Gasteiger partial charge >= 0.3 is 0 Å². The van der Waals surface area contributed by atoms with Crippen LogP contribution in [0.5, 0.6) is 0 Å². The lowest BCUT2D eigenvalue weighted by Crippen LogP contribution is -2.65. The summed E-state index contributed by atoms with van der Waals surface area (Å²) in [6, 6.07) is 6.19. The second kappa shape index (κ2) is 7.09. The zero-order chi connectivity index (χ0) is 18.9. The number of hydrogen-bond donors (Lipinski definition) is 1. The van der Waals surface area contributed by atoms with Gasteiger partial charge in [0.2, 0.25) is 23.5 Å². The number of nitrogens with zero attached hydrogens (tertiary/aromatic N) is 3. The molecule has 7 nitrogen and oxygen atoms in total. The third-order valence-electron chi connectivity index (χ3n) is 5.43. The van der Waals surface area contributed by atoms with Crippen molar-refractivity contribution in [1.82, 2.24) is 20.4 Å². The predicted molar refractivity (Wildman–Crippen MR) is 93.9 cm³/mol. The number of benzene rings is 1. The Morgan fingerprint density at radius 3 is 2.85 bits per heavy atom. The van der Waals surface area contributed by atoms with Gasteiger partial charge in [0.15, 0.2) is 0 Å². The average Bonchev–Trinajstić information content (AvgIpc) is 3.33. The first-order chi connectivity index (χ1) is 13.1. The quantitative estimate of drug-likeness (QED) is 0.888. The van der Waals surface area contributed by atoms with Crippen LogP contribution in [0.1, 0.15) is 38.0 Å². The molecule has 8 heteroatoms. The molecule has 27 heavy (non-hydrogen) atoms. The van der Waals surface area contributed by atoms with Crippen LogP contribution in [0.25, 0.3) is 11.4 Å². The van der Waals surface area contributed by atoms with Crippen LogP contribution in [0, 0.1) is 5.82 Å². The Balaban J connectivity index is 1.44. The molecule has 2 aliphatic rings. The molecule has 0 radical (unpaired) electrons. The van der Waals surface area contributed by atoms with E-state index in [-0.39, 0.29) is 41.9 Å². The number of hydrogen-bond acceptors (Lipinski definition) is 5. The molecule has 0 bridgehead atoms. The van der Waals surface area contributed by atoms with Gasteiger partial charge in [-0.05, 0) is 25.0 Å². The molecule has 0 unspecified atom stereocenters. The van der Waals surface area contributed by atoms with E-state index in [1.54, 1.807) is 23.1 Å². The van der Waals surface area contributed by atoms with E-state index in [0.29, 0.717) is 25.9 Å². The maximum atomic E-state index is 13.8. The third kappa shape index (κ3) is 3.20. The number of piperazine rings is 1. The van der Waals surface area contributed by atoms with Gasteiger partial charge in [0.1, 0.15) is 11.4 Å². The zero-order valence-corrected chi connectivity index (χ0v) is 14.9. The summed E-state index contributed by atoms with van der Waals surface area (Å²) in [5.41, 5.74) is -0.431. The van der Waals surface area contributed by atoms with Crippen molar-refractivity contribution in [2.75, 3.05) is 13.1 Å². The molecule has 1 aromatic heterocycles. The fraction of sp³-hybridized carbons (Fsp3) is 0.474. The number of amides is 2. The lowest BCUT2D eigenvalue weighted by atomic mass is 9.91. The Morgan fingerprint density at radius 2 is 2.07 bits per heavy atom. The normalized spacial score (nSPS) is 18.7.